The fourth-order valence-corrected chi connectivity index (χ4v) is 2.54. The second kappa shape index (κ2) is 11.1. The van der Waals surface area contributed by atoms with Crippen LogP contribution in [0.4, 0.5) is 4.79 Å². The van der Waals surface area contributed by atoms with Gasteiger partial charge in [-0.1, -0.05) is 42.5 Å². The Balaban J connectivity index is 2.06. The number of aliphatic hydroxyl groups is 1. The summed E-state index contributed by atoms with van der Waals surface area (Å²) in [5, 5.41) is 32.7. The molecule has 0 aliphatic rings. The van der Waals surface area contributed by atoms with Gasteiger partial charge in [0.05, 0.1) is 6.04 Å². The van der Waals surface area contributed by atoms with Gasteiger partial charge in [0.15, 0.2) is 4.98 Å². The van der Waals surface area contributed by atoms with Gasteiger partial charge in [0.25, 0.3) is 0 Å². The second-order valence-corrected chi connectivity index (χ2v) is 6.53. The summed E-state index contributed by atoms with van der Waals surface area (Å²) >= 11 is 0. The van der Waals surface area contributed by atoms with E-state index in [2.05, 4.69) is 15.6 Å². The minimum Gasteiger partial charge on any atom is -0.508 e. The number of benzene rings is 2. The molecule has 0 spiro atoms. The van der Waals surface area contributed by atoms with E-state index < -0.39 is 24.1 Å². The summed E-state index contributed by atoms with van der Waals surface area (Å²) in [6, 6.07) is 13.4. The number of aliphatic hydroxyl groups excluding tert-OH is 1. The smallest absolute Gasteiger partial charge is 0.408 e. The van der Waals surface area contributed by atoms with Crippen LogP contribution in [0.2, 0.25) is 0 Å². The van der Waals surface area contributed by atoms with Crippen LogP contribution in [-0.2, 0) is 22.6 Å². The number of nitrogens with one attached hydrogen (secondary N) is 2. The number of hydrogen-bond donors (Lipinski definition) is 4. The number of nitrogens with zero attached hydrogens (tertiary/aromatic N) is 2. The van der Waals surface area contributed by atoms with Crippen molar-refractivity contribution >= 4 is 12.0 Å². The van der Waals surface area contributed by atoms with Crippen molar-refractivity contribution in [3.63, 3.8) is 0 Å². The van der Waals surface area contributed by atoms with Crippen LogP contribution in [-0.4, -0.2) is 34.3 Å². The van der Waals surface area contributed by atoms with E-state index in [1.54, 1.807) is 24.3 Å². The van der Waals surface area contributed by atoms with Gasteiger partial charge in [-0.25, -0.2) is 4.79 Å². The molecule has 156 valence electrons. The maximum Gasteiger partial charge on any atom is 0.408 e. The molecule has 2 aromatic carbocycles. The van der Waals surface area contributed by atoms with Gasteiger partial charge in [-0.3, -0.25) is 4.79 Å². The number of carbonyl (C=O) groups is 2. The van der Waals surface area contributed by atoms with E-state index in [9.17, 15) is 19.8 Å². The van der Waals surface area contributed by atoms with Crippen molar-refractivity contribution in [3.8, 4) is 5.75 Å². The normalized spacial score (nSPS) is 12.9. The summed E-state index contributed by atoms with van der Waals surface area (Å²) in [5.41, 5.74) is 1.48. The van der Waals surface area contributed by atoms with Crippen molar-refractivity contribution in [1.82, 2.24) is 10.6 Å². The molecule has 0 aliphatic carbocycles. The monoisotopic (exact) mass is 411 g/mol. The highest BCUT2D eigenvalue weighted by Gasteiger charge is 2.25. The van der Waals surface area contributed by atoms with Crippen LogP contribution in [0.3, 0.4) is 0 Å². The summed E-state index contributed by atoms with van der Waals surface area (Å²) in [4.78, 5) is 27.6. The van der Waals surface area contributed by atoms with Crippen LogP contribution >= 0.6 is 0 Å². The Bertz CT molecular complexity index is 923. The van der Waals surface area contributed by atoms with Crippen molar-refractivity contribution < 1.29 is 24.5 Å². The van der Waals surface area contributed by atoms with Crippen molar-refractivity contribution in [3.05, 3.63) is 82.7 Å². The Hall–Kier alpha value is -4.06. The third-order valence-electron chi connectivity index (χ3n) is 4.19. The highest BCUT2D eigenvalue weighted by atomic mass is 16.5. The lowest BCUT2D eigenvalue weighted by atomic mass is 10.0. The molecule has 0 aliphatic heterocycles. The average molecular weight is 411 g/mol. The molecule has 0 bridgehead atoms. The third kappa shape index (κ3) is 7.16. The molecule has 2 aromatic rings. The standard InChI is InChI=1S/C21H22N4O5/c1-14(19(27)12-23-22)24-20(28)18(11-15-7-9-17(26)10-8-15)25-21(29)30-13-16-5-3-2-4-6-16/h2-10,12,14,18H,11,13H2,1H3,(H3-,24,25,26,27,28,29)/p+1/b19-12-. The first-order valence-corrected chi connectivity index (χ1v) is 9.17. The third-order valence-corrected chi connectivity index (χ3v) is 4.19. The van der Waals surface area contributed by atoms with Gasteiger partial charge in [-0.05, 0) is 30.2 Å². The van der Waals surface area contributed by atoms with Crippen LogP contribution in [0.25, 0.3) is 4.98 Å². The fraction of sp³-hybridized carbons (Fsp3) is 0.238. The Labute approximate surface area is 173 Å². The number of amides is 2. The molecule has 4 N–H and O–H groups in total. The summed E-state index contributed by atoms with van der Waals surface area (Å²) in [7, 11) is 0. The van der Waals surface area contributed by atoms with E-state index >= 15 is 0 Å². The Morgan fingerprint density at radius 2 is 1.77 bits per heavy atom. The van der Waals surface area contributed by atoms with Gasteiger partial charge in [0.2, 0.25) is 17.1 Å². The number of phenols is 1. The largest absolute Gasteiger partial charge is 0.508 e. The summed E-state index contributed by atoms with van der Waals surface area (Å²) < 4.78 is 5.18. The lowest BCUT2D eigenvalue weighted by molar-refractivity contribution is -0.123. The van der Waals surface area contributed by atoms with Gasteiger partial charge >= 0.3 is 12.3 Å². The molecule has 2 rings (SSSR count). The molecule has 0 saturated carbocycles. The number of ether oxygens (including phenoxy) is 1. The topological polar surface area (TPSA) is 136 Å². The van der Waals surface area contributed by atoms with E-state index in [1.165, 1.54) is 19.1 Å². The van der Waals surface area contributed by atoms with E-state index in [0.717, 1.165) is 11.8 Å². The Morgan fingerprint density at radius 1 is 1.10 bits per heavy atom. The first-order chi connectivity index (χ1) is 14.4. The number of hydrogen-bond acceptors (Lipinski definition) is 6. The number of carbonyl (C=O) groups excluding carboxylic acids is 2. The quantitative estimate of drug-likeness (QED) is 0.389. The van der Waals surface area contributed by atoms with Crippen LogP contribution in [0.15, 0.2) is 66.6 Å². The molecule has 0 fully saturated rings. The average Bonchev–Trinajstić information content (AvgIpc) is 2.74. The molecular formula is C21H23N4O5+. The first kappa shape index (κ1) is 22.2. The van der Waals surface area contributed by atoms with Gasteiger partial charge in [-0.15, -0.1) is 0 Å². The predicted octanol–water partition coefficient (Wildman–Crippen LogP) is 2.99. The maximum absolute atomic E-state index is 12.7. The number of diazo groups is 1. The molecule has 0 aromatic heterocycles. The number of rotatable bonds is 8. The zero-order valence-electron chi connectivity index (χ0n) is 16.4. The predicted molar refractivity (Wildman–Crippen MR) is 109 cm³/mol. The second-order valence-electron chi connectivity index (χ2n) is 6.53. The molecule has 0 saturated heterocycles. The molecule has 30 heavy (non-hydrogen) atoms. The molecule has 9 nitrogen and oxygen atoms in total. The van der Waals surface area contributed by atoms with Crippen molar-refractivity contribution in [1.29, 1.82) is 5.39 Å². The van der Waals surface area contributed by atoms with Gasteiger partial charge in [0, 0.05) is 6.42 Å². The van der Waals surface area contributed by atoms with Crippen LogP contribution in [0, 0.1) is 5.39 Å². The van der Waals surface area contributed by atoms with Crippen LogP contribution < -0.4 is 10.6 Å². The van der Waals surface area contributed by atoms with Crippen molar-refractivity contribution in [2.75, 3.05) is 0 Å². The van der Waals surface area contributed by atoms with Crippen LogP contribution in [0.1, 0.15) is 18.1 Å². The van der Waals surface area contributed by atoms with Gasteiger partial charge in [-0.2, -0.15) is 0 Å². The minimum absolute atomic E-state index is 0.0398. The van der Waals surface area contributed by atoms with E-state index in [1.807, 2.05) is 18.2 Å². The Morgan fingerprint density at radius 3 is 2.40 bits per heavy atom. The van der Waals surface area contributed by atoms with E-state index in [-0.39, 0.29) is 24.5 Å². The molecule has 9 heteroatoms. The Kier molecular flexibility index (Phi) is 8.20. The fourth-order valence-electron chi connectivity index (χ4n) is 2.54. The summed E-state index contributed by atoms with van der Waals surface area (Å²) in [6.45, 7) is 1.53. The van der Waals surface area contributed by atoms with E-state index in [4.69, 9.17) is 10.1 Å². The lowest BCUT2D eigenvalue weighted by Crippen LogP contribution is -2.50. The molecular weight excluding hydrogens is 388 g/mol. The number of phenolic OH excluding ortho intramolecular Hbond substituents is 1. The van der Waals surface area contributed by atoms with Gasteiger partial charge in [0.1, 0.15) is 18.4 Å². The SMILES string of the molecule is CC(NC(=O)C(Cc1ccc(O)cc1)NC(=O)OCc1ccccc1)/C(O)=C/[N+]#N. The number of alkyl carbamates (subject to hydrolysis) is 1. The first-order valence-electron chi connectivity index (χ1n) is 9.17. The maximum atomic E-state index is 12.7. The van der Waals surface area contributed by atoms with Crippen LogP contribution in [0.5, 0.6) is 5.75 Å². The highest BCUT2D eigenvalue weighted by molar-refractivity contribution is 5.86. The van der Waals surface area contributed by atoms with Crippen molar-refractivity contribution in [2.45, 2.75) is 32.0 Å². The zero-order valence-corrected chi connectivity index (χ0v) is 16.4. The molecule has 0 radical (unpaired) electrons. The molecule has 2 amide bonds. The lowest BCUT2D eigenvalue weighted by Gasteiger charge is -2.20. The molecule has 0 heterocycles. The summed E-state index contributed by atoms with van der Waals surface area (Å²) in [5.74, 6) is -0.863. The minimum atomic E-state index is -1.01. The zero-order chi connectivity index (χ0) is 21.9. The number of aromatic hydroxyl groups is 1. The molecule has 2 unspecified atom stereocenters. The van der Waals surface area contributed by atoms with E-state index in [0.29, 0.717) is 5.56 Å². The molecule has 2 atom stereocenters. The summed E-state index contributed by atoms with van der Waals surface area (Å²) in [6.07, 6.45) is 0.130. The highest BCUT2D eigenvalue weighted by Crippen LogP contribution is 2.12. The van der Waals surface area contributed by atoms with Gasteiger partial charge < -0.3 is 25.6 Å². The van der Waals surface area contributed by atoms with Crippen molar-refractivity contribution in [2.24, 2.45) is 0 Å².